The second-order valence-electron chi connectivity index (χ2n) is 9.37. The van der Waals surface area contributed by atoms with E-state index in [0.717, 1.165) is 6.07 Å². The van der Waals surface area contributed by atoms with E-state index in [1.807, 2.05) is 6.92 Å². The van der Waals surface area contributed by atoms with E-state index in [2.05, 4.69) is 25.4 Å². The molecule has 9 nitrogen and oxygen atoms in total. The van der Waals surface area contributed by atoms with Crippen LogP contribution in [0.25, 0.3) is 0 Å². The van der Waals surface area contributed by atoms with Gasteiger partial charge in [-0.2, -0.15) is 13.2 Å². The molecule has 0 aliphatic carbocycles. The van der Waals surface area contributed by atoms with Gasteiger partial charge in [-0.05, 0) is 24.1 Å². The third kappa shape index (κ3) is 4.70. The van der Waals surface area contributed by atoms with E-state index in [1.165, 1.54) is 17.3 Å². The zero-order valence-electron chi connectivity index (χ0n) is 20.3. The SMILES string of the molecule is C[C@@H](CC(=O)c1ncnc2c1CCC(=O)N2)c1cc(C2=Nc3cc(N(C)C)c(C(F)(F)F)cc3C2)no1. The molecule has 2 aromatic heterocycles. The highest BCUT2D eigenvalue weighted by molar-refractivity contribution is 6.05. The highest BCUT2D eigenvalue weighted by Gasteiger charge is 2.36. The molecule has 0 radical (unpaired) electrons. The maximum Gasteiger partial charge on any atom is 0.418 e. The van der Waals surface area contributed by atoms with Crippen molar-refractivity contribution in [2.75, 3.05) is 24.3 Å². The summed E-state index contributed by atoms with van der Waals surface area (Å²) in [4.78, 5) is 38.7. The van der Waals surface area contributed by atoms with Crippen molar-refractivity contribution >= 4 is 34.6 Å². The second kappa shape index (κ2) is 9.09. The van der Waals surface area contributed by atoms with Gasteiger partial charge in [-0.15, -0.1) is 0 Å². The largest absolute Gasteiger partial charge is 0.418 e. The van der Waals surface area contributed by atoms with E-state index in [1.54, 1.807) is 20.2 Å². The summed E-state index contributed by atoms with van der Waals surface area (Å²) in [6.07, 6.45) is -2.34. The molecule has 5 rings (SSSR count). The van der Waals surface area contributed by atoms with Gasteiger partial charge in [-0.25, -0.2) is 9.97 Å². The Bertz CT molecular complexity index is 1440. The molecule has 4 heterocycles. The summed E-state index contributed by atoms with van der Waals surface area (Å²) in [5.41, 5.74) is 2.03. The van der Waals surface area contributed by atoms with Crippen LogP contribution in [0.2, 0.25) is 0 Å². The quantitative estimate of drug-likeness (QED) is 0.484. The Morgan fingerprint density at radius 2 is 1.97 bits per heavy atom. The summed E-state index contributed by atoms with van der Waals surface area (Å²) in [7, 11) is 3.10. The Balaban J connectivity index is 1.33. The Morgan fingerprint density at radius 1 is 1.19 bits per heavy atom. The van der Waals surface area contributed by atoms with E-state index >= 15 is 0 Å². The van der Waals surface area contributed by atoms with Crippen molar-refractivity contribution in [1.29, 1.82) is 0 Å². The Labute approximate surface area is 209 Å². The molecule has 37 heavy (non-hydrogen) atoms. The van der Waals surface area contributed by atoms with Gasteiger partial charge in [0.2, 0.25) is 5.91 Å². The number of carbonyl (C=O) groups excluding carboxylic acids is 2. The predicted octanol–water partition coefficient (Wildman–Crippen LogP) is 4.49. The molecule has 0 unspecified atom stereocenters. The molecule has 3 aromatic rings. The zero-order chi connectivity index (χ0) is 26.5. The maximum atomic E-state index is 13.6. The molecule has 2 aliphatic rings. The van der Waals surface area contributed by atoms with Gasteiger partial charge in [-0.3, -0.25) is 14.6 Å². The number of nitrogens with zero attached hydrogens (tertiary/aromatic N) is 5. The zero-order valence-corrected chi connectivity index (χ0v) is 20.3. The molecule has 1 amide bonds. The summed E-state index contributed by atoms with van der Waals surface area (Å²) in [6, 6.07) is 4.22. The van der Waals surface area contributed by atoms with Crippen LogP contribution in [-0.2, 0) is 23.8 Å². The van der Waals surface area contributed by atoms with Crippen LogP contribution in [0, 0.1) is 0 Å². The fraction of sp³-hybridized carbons (Fsp3) is 0.360. The van der Waals surface area contributed by atoms with Crippen LogP contribution in [-0.4, -0.2) is 46.6 Å². The molecule has 1 aromatic carbocycles. The first-order valence-electron chi connectivity index (χ1n) is 11.6. The highest BCUT2D eigenvalue weighted by Crippen LogP contribution is 2.42. The number of anilines is 2. The Morgan fingerprint density at radius 3 is 2.70 bits per heavy atom. The normalized spacial score (nSPS) is 15.5. The molecular formula is C25H23F3N6O3. The van der Waals surface area contributed by atoms with Crippen molar-refractivity contribution in [2.45, 2.75) is 44.7 Å². The number of alkyl halides is 3. The number of aliphatic imine (C=N–C) groups is 1. The van der Waals surface area contributed by atoms with E-state index < -0.39 is 11.7 Å². The smallest absolute Gasteiger partial charge is 0.377 e. The second-order valence-corrected chi connectivity index (χ2v) is 9.37. The fourth-order valence-electron chi connectivity index (χ4n) is 4.54. The van der Waals surface area contributed by atoms with Gasteiger partial charge in [-0.1, -0.05) is 12.1 Å². The third-order valence-corrected chi connectivity index (χ3v) is 6.47. The van der Waals surface area contributed by atoms with Crippen LogP contribution in [0.3, 0.4) is 0 Å². The number of benzene rings is 1. The number of carbonyl (C=O) groups is 2. The highest BCUT2D eigenvalue weighted by atomic mass is 19.4. The van der Waals surface area contributed by atoms with Gasteiger partial charge in [0.25, 0.3) is 0 Å². The first-order valence-corrected chi connectivity index (χ1v) is 11.6. The van der Waals surface area contributed by atoms with Crippen molar-refractivity contribution in [2.24, 2.45) is 4.99 Å². The average molecular weight is 512 g/mol. The molecule has 1 atom stereocenters. The number of nitrogens with one attached hydrogen (secondary N) is 1. The van der Waals surface area contributed by atoms with Crippen LogP contribution < -0.4 is 10.2 Å². The number of ketones is 1. The van der Waals surface area contributed by atoms with Crippen molar-refractivity contribution in [1.82, 2.24) is 15.1 Å². The number of fused-ring (bicyclic) bond motifs is 2. The molecule has 2 aliphatic heterocycles. The fourth-order valence-corrected chi connectivity index (χ4v) is 4.54. The van der Waals surface area contributed by atoms with E-state index in [4.69, 9.17) is 4.52 Å². The summed E-state index contributed by atoms with van der Waals surface area (Å²) in [5, 5.41) is 6.72. The van der Waals surface area contributed by atoms with E-state index in [-0.39, 0.29) is 48.3 Å². The number of aromatic nitrogens is 3. The van der Waals surface area contributed by atoms with Gasteiger partial charge in [0, 0.05) is 50.9 Å². The molecule has 0 saturated carbocycles. The molecule has 0 bridgehead atoms. The third-order valence-electron chi connectivity index (χ3n) is 6.47. The van der Waals surface area contributed by atoms with E-state index in [9.17, 15) is 22.8 Å². The van der Waals surface area contributed by atoms with Gasteiger partial charge in [0.1, 0.15) is 29.3 Å². The summed E-state index contributed by atoms with van der Waals surface area (Å²) >= 11 is 0. The van der Waals surface area contributed by atoms with Gasteiger partial charge >= 0.3 is 6.18 Å². The maximum absolute atomic E-state index is 13.6. The first kappa shape index (κ1) is 24.6. The van der Waals surface area contributed by atoms with Crippen molar-refractivity contribution < 1.29 is 27.3 Å². The number of hydrogen-bond acceptors (Lipinski definition) is 8. The molecule has 0 saturated heterocycles. The number of rotatable bonds is 6. The van der Waals surface area contributed by atoms with Gasteiger partial charge in [0.05, 0.1) is 22.6 Å². The lowest BCUT2D eigenvalue weighted by molar-refractivity contribution is -0.137. The molecule has 12 heteroatoms. The number of Topliss-reactive ketones (excluding diaryl/α,β-unsaturated/α-hetero) is 1. The monoisotopic (exact) mass is 512 g/mol. The average Bonchev–Trinajstić information content (AvgIpc) is 3.49. The first-order chi connectivity index (χ1) is 17.5. The summed E-state index contributed by atoms with van der Waals surface area (Å²) in [6.45, 7) is 1.81. The number of hydrogen-bond donors (Lipinski definition) is 1. The minimum Gasteiger partial charge on any atom is -0.377 e. The molecule has 0 spiro atoms. The van der Waals surface area contributed by atoms with Crippen LogP contribution in [0.5, 0.6) is 0 Å². The van der Waals surface area contributed by atoms with Crippen molar-refractivity contribution in [3.8, 4) is 0 Å². The predicted molar refractivity (Wildman–Crippen MR) is 129 cm³/mol. The summed E-state index contributed by atoms with van der Waals surface area (Å²) < 4.78 is 46.2. The number of amides is 1. The van der Waals surface area contributed by atoms with Crippen LogP contribution >= 0.6 is 0 Å². The molecule has 1 N–H and O–H groups in total. The topological polar surface area (TPSA) is 114 Å². The summed E-state index contributed by atoms with van der Waals surface area (Å²) in [5.74, 6) is 0.0786. The lowest BCUT2D eigenvalue weighted by Gasteiger charge is -2.20. The lowest BCUT2D eigenvalue weighted by Crippen LogP contribution is -2.23. The lowest BCUT2D eigenvalue weighted by atomic mass is 9.95. The van der Waals surface area contributed by atoms with Gasteiger partial charge < -0.3 is 14.7 Å². The van der Waals surface area contributed by atoms with Gasteiger partial charge in [0.15, 0.2) is 5.78 Å². The van der Waals surface area contributed by atoms with Crippen LogP contribution in [0.1, 0.15) is 64.3 Å². The van der Waals surface area contributed by atoms with Crippen LogP contribution in [0.15, 0.2) is 34.0 Å². The van der Waals surface area contributed by atoms with Crippen molar-refractivity contribution in [3.63, 3.8) is 0 Å². The minimum absolute atomic E-state index is 0.0377. The Kier molecular flexibility index (Phi) is 6.04. The molecular weight excluding hydrogens is 489 g/mol. The Hall–Kier alpha value is -4.09. The minimum atomic E-state index is -4.49. The van der Waals surface area contributed by atoms with Crippen molar-refractivity contribution in [3.05, 3.63) is 58.4 Å². The van der Waals surface area contributed by atoms with Crippen LogP contribution in [0.4, 0.5) is 30.4 Å². The molecule has 192 valence electrons. The standard InChI is InChI=1S/C25H23F3N6O3/c1-12(6-20(35)23-14-4-5-22(36)32-24(14)30-11-29-23)21-10-18(33-37-21)17-8-13-7-15(25(26,27)28)19(34(2)3)9-16(13)31-17/h7,9-12H,4-6,8H2,1-3H3,(H,29,30,32,36)/t12-/m0/s1. The van der Waals surface area contributed by atoms with E-state index in [0.29, 0.717) is 46.2 Å². The molecule has 0 fully saturated rings. The number of halogens is 3.